The van der Waals surface area contributed by atoms with Gasteiger partial charge in [0.2, 0.25) is 11.8 Å². The second-order valence-corrected chi connectivity index (χ2v) is 11.1. The molecule has 0 atom stereocenters. The zero-order valence-electron chi connectivity index (χ0n) is 23.8. The van der Waals surface area contributed by atoms with Crippen molar-refractivity contribution in [1.82, 2.24) is 9.80 Å². The molecule has 0 radical (unpaired) electrons. The van der Waals surface area contributed by atoms with Gasteiger partial charge >= 0.3 is 0 Å². The number of hydrogen-bond donors (Lipinski definition) is 1. The summed E-state index contributed by atoms with van der Waals surface area (Å²) in [4.78, 5) is 28.7. The fourth-order valence-corrected chi connectivity index (χ4v) is 6.07. The van der Waals surface area contributed by atoms with Gasteiger partial charge in [-0.1, -0.05) is 24.3 Å². The highest BCUT2D eigenvalue weighted by Crippen LogP contribution is 2.43. The molecule has 5 rings (SSSR count). The van der Waals surface area contributed by atoms with Gasteiger partial charge in [0, 0.05) is 31.6 Å². The van der Waals surface area contributed by atoms with Gasteiger partial charge in [-0.25, -0.2) is 4.39 Å². The van der Waals surface area contributed by atoms with Gasteiger partial charge < -0.3 is 20.1 Å². The Kier molecular flexibility index (Phi) is 8.59. The summed E-state index contributed by atoms with van der Waals surface area (Å²) in [5.41, 5.74) is 9.60. The standard InChI is InChI=1S/C33H38FN3O4/c1-3-40-28-17-24(18-29(41-4-2)31(28)25-9-11-27(34)12-10-25)20-36-15-13-33(14-16-36)19-30(38)37(22-33)21-23-5-7-26(8-6-23)32(35)39/h5-12,17-18H,3-4,13-16,19-22H2,1-2H3,(H2,35,39). The van der Waals surface area contributed by atoms with E-state index in [1.165, 1.54) is 12.1 Å². The van der Waals surface area contributed by atoms with Crippen LogP contribution in [0.25, 0.3) is 11.1 Å². The summed E-state index contributed by atoms with van der Waals surface area (Å²) in [6, 6.07) is 17.7. The number of likely N-dealkylation sites (tertiary alicyclic amines) is 2. The lowest BCUT2D eigenvalue weighted by Crippen LogP contribution is -2.41. The lowest BCUT2D eigenvalue weighted by atomic mass is 9.77. The maximum Gasteiger partial charge on any atom is 0.248 e. The van der Waals surface area contributed by atoms with E-state index in [1.54, 1.807) is 24.3 Å². The summed E-state index contributed by atoms with van der Waals surface area (Å²) in [6.07, 6.45) is 2.50. The van der Waals surface area contributed by atoms with E-state index in [0.717, 1.165) is 72.8 Å². The van der Waals surface area contributed by atoms with Crippen molar-refractivity contribution in [2.75, 3.05) is 32.8 Å². The van der Waals surface area contributed by atoms with Crippen LogP contribution in [-0.4, -0.2) is 54.5 Å². The molecule has 41 heavy (non-hydrogen) atoms. The van der Waals surface area contributed by atoms with Crippen molar-refractivity contribution in [2.45, 2.75) is 46.2 Å². The summed E-state index contributed by atoms with van der Waals surface area (Å²) in [6.45, 7) is 8.79. The van der Waals surface area contributed by atoms with Crippen LogP contribution in [0.4, 0.5) is 4.39 Å². The second-order valence-electron chi connectivity index (χ2n) is 11.1. The Labute approximate surface area is 241 Å². The van der Waals surface area contributed by atoms with Crippen molar-refractivity contribution in [1.29, 1.82) is 0 Å². The lowest BCUT2D eigenvalue weighted by Gasteiger charge is -2.39. The molecule has 2 fully saturated rings. The molecule has 3 aromatic carbocycles. The van der Waals surface area contributed by atoms with Crippen LogP contribution in [0.15, 0.2) is 60.7 Å². The molecule has 0 bridgehead atoms. The number of ether oxygens (including phenoxy) is 2. The number of piperidine rings is 1. The number of amides is 2. The number of rotatable bonds is 10. The predicted molar refractivity (Wildman–Crippen MR) is 156 cm³/mol. The van der Waals surface area contributed by atoms with Crippen LogP contribution >= 0.6 is 0 Å². The minimum Gasteiger partial charge on any atom is -0.493 e. The molecule has 2 heterocycles. The average molecular weight is 560 g/mol. The van der Waals surface area contributed by atoms with Gasteiger partial charge in [-0.05, 0) is 98.3 Å². The van der Waals surface area contributed by atoms with Crippen LogP contribution in [0.1, 0.15) is 54.6 Å². The number of carbonyl (C=O) groups excluding carboxylic acids is 2. The third-order valence-electron chi connectivity index (χ3n) is 8.20. The summed E-state index contributed by atoms with van der Waals surface area (Å²) < 4.78 is 25.7. The molecule has 8 heteroatoms. The molecule has 2 N–H and O–H groups in total. The summed E-state index contributed by atoms with van der Waals surface area (Å²) in [5, 5.41) is 0. The Morgan fingerprint density at radius 3 is 2.07 bits per heavy atom. The topological polar surface area (TPSA) is 85.1 Å². The van der Waals surface area contributed by atoms with Gasteiger partial charge in [0.05, 0.1) is 18.8 Å². The highest BCUT2D eigenvalue weighted by atomic mass is 19.1. The zero-order valence-corrected chi connectivity index (χ0v) is 23.8. The van der Waals surface area contributed by atoms with Crippen LogP contribution in [0.3, 0.4) is 0 Å². The normalized spacial score (nSPS) is 16.8. The number of benzene rings is 3. The number of nitrogens with zero attached hydrogens (tertiary/aromatic N) is 2. The Balaban J connectivity index is 1.25. The van der Waals surface area contributed by atoms with E-state index in [0.29, 0.717) is 31.7 Å². The minimum atomic E-state index is -0.452. The van der Waals surface area contributed by atoms with Gasteiger partial charge in [-0.15, -0.1) is 0 Å². The number of nitrogens with two attached hydrogens (primary N) is 1. The summed E-state index contributed by atoms with van der Waals surface area (Å²) >= 11 is 0. The Bertz CT molecular complexity index is 1360. The third-order valence-corrected chi connectivity index (χ3v) is 8.20. The van der Waals surface area contributed by atoms with Crippen LogP contribution < -0.4 is 15.2 Å². The van der Waals surface area contributed by atoms with Gasteiger partial charge in [0.25, 0.3) is 0 Å². The molecule has 2 amide bonds. The lowest BCUT2D eigenvalue weighted by molar-refractivity contribution is -0.128. The zero-order chi connectivity index (χ0) is 29.0. The van der Waals surface area contributed by atoms with Gasteiger partial charge in [-0.3, -0.25) is 14.5 Å². The largest absolute Gasteiger partial charge is 0.493 e. The summed E-state index contributed by atoms with van der Waals surface area (Å²) in [7, 11) is 0. The van der Waals surface area contributed by atoms with Crippen molar-refractivity contribution in [3.63, 3.8) is 0 Å². The fraction of sp³-hybridized carbons (Fsp3) is 0.394. The molecule has 2 aliphatic rings. The molecule has 0 aromatic heterocycles. The molecule has 216 valence electrons. The quantitative estimate of drug-likeness (QED) is 0.359. The Morgan fingerprint density at radius 2 is 1.51 bits per heavy atom. The van der Waals surface area contributed by atoms with Crippen LogP contribution in [0.2, 0.25) is 0 Å². The van der Waals surface area contributed by atoms with Crippen molar-refractivity contribution in [3.8, 4) is 22.6 Å². The first-order valence-corrected chi connectivity index (χ1v) is 14.4. The monoisotopic (exact) mass is 559 g/mol. The van der Waals surface area contributed by atoms with Crippen LogP contribution in [0, 0.1) is 11.2 Å². The minimum absolute atomic E-state index is 0.000152. The number of halogens is 1. The Hall–Kier alpha value is -3.91. The third kappa shape index (κ3) is 6.54. The van der Waals surface area contributed by atoms with Gasteiger partial charge in [0.1, 0.15) is 17.3 Å². The molecule has 1 spiro atoms. The fourth-order valence-electron chi connectivity index (χ4n) is 6.07. The van der Waals surface area contributed by atoms with Crippen LogP contribution in [-0.2, 0) is 17.9 Å². The van der Waals surface area contributed by atoms with E-state index >= 15 is 0 Å². The van der Waals surface area contributed by atoms with Gasteiger partial charge in [-0.2, -0.15) is 0 Å². The number of primary amides is 1. The Morgan fingerprint density at radius 1 is 0.902 bits per heavy atom. The van der Waals surface area contributed by atoms with Crippen molar-refractivity contribution in [2.24, 2.45) is 11.1 Å². The molecule has 0 aliphatic carbocycles. The molecule has 0 saturated carbocycles. The second kappa shape index (κ2) is 12.3. The van der Waals surface area contributed by atoms with E-state index in [1.807, 2.05) is 30.9 Å². The maximum absolute atomic E-state index is 13.6. The van der Waals surface area contributed by atoms with Gasteiger partial charge in [0.15, 0.2) is 0 Å². The first kappa shape index (κ1) is 28.6. The van der Waals surface area contributed by atoms with E-state index < -0.39 is 5.91 Å². The molecule has 2 saturated heterocycles. The van der Waals surface area contributed by atoms with Crippen LogP contribution in [0.5, 0.6) is 11.5 Å². The van der Waals surface area contributed by atoms with E-state index in [-0.39, 0.29) is 17.1 Å². The molecule has 2 aliphatic heterocycles. The predicted octanol–water partition coefficient (Wildman–Crippen LogP) is 5.40. The van der Waals surface area contributed by atoms with E-state index in [9.17, 15) is 14.0 Å². The van der Waals surface area contributed by atoms with Crippen molar-refractivity contribution in [3.05, 3.63) is 83.2 Å². The highest BCUT2D eigenvalue weighted by Gasteiger charge is 2.44. The highest BCUT2D eigenvalue weighted by molar-refractivity contribution is 5.92. The molecule has 3 aromatic rings. The molecular weight excluding hydrogens is 521 g/mol. The number of carbonyl (C=O) groups is 2. The first-order valence-electron chi connectivity index (χ1n) is 14.4. The average Bonchev–Trinajstić information content (AvgIpc) is 3.25. The first-order chi connectivity index (χ1) is 19.8. The number of hydrogen-bond acceptors (Lipinski definition) is 5. The van der Waals surface area contributed by atoms with E-state index in [4.69, 9.17) is 15.2 Å². The maximum atomic E-state index is 13.6. The van der Waals surface area contributed by atoms with Crippen molar-refractivity contribution >= 4 is 11.8 Å². The molecular formula is C33H38FN3O4. The molecule has 0 unspecified atom stereocenters. The smallest absolute Gasteiger partial charge is 0.248 e. The summed E-state index contributed by atoms with van der Waals surface area (Å²) in [5.74, 6) is 0.919. The molecule has 7 nitrogen and oxygen atoms in total. The van der Waals surface area contributed by atoms with E-state index in [2.05, 4.69) is 17.0 Å². The van der Waals surface area contributed by atoms with Crippen molar-refractivity contribution < 1.29 is 23.5 Å². The SMILES string of the molecule is CCOc1cc(CN2CCC3(CC2)CC(=O)N(Cc2ccc(C(N)=O)cc2)C3)cc(OCC)c1-c1ccc(F)cc1.